The SMILES string of the molecule is C#Cc1ccc(C#Cc2ccc(C#CC3(OC(=O)c4ccc5cc(OC(=O)C6CCC(C(=O)OCC)CC6)ccc5c4)CCC(C4CCC(CCCCC)CC4)CC3)cc2)cc1. The van der Waals surface area contributed by atoms with Crippen LogP contribution in [0.15, 0.2) is 84.9 Å². The molecule has 6 nitrogen and oxygen atoms in total. The number of esters is 3. The molecule has 0 bridgehead atoms. The lowest BCUT2D eigenvalue weighted by molar-refractivity contribution is -0.151. The third-order valence-electron chi connectivity index (χ3n) is 13.6. The van der Waals surface area contributed by atoms with Gasteiger partial charge in [0.25, 0.3) is 0 Å². The van der Waals surface area contributed by atoms with Gasteiger partial charge in [-0.05, 0) is 178 Å². The molecule has 3 aliphatic rings. The number of ether oxygens (including phenoxy) is 3. The zero-order valence-corrected chi connectivity index (χ0v) is 36.5. The molecule has 0 radical (unpaired) electrons. The van der Waals surface area contributed by atoms with Crippen molar-refractivity contribution in [1.29, 1.82) is 0 Å². The summed E-state index contributed by atoms with van der Waals surface area (Å²) in [5, 5.41) is 1.69. The van der Waals surface area contributed by atoms with E-state index in [1.165, 1.54) is 51.4 Å². The van der Waals surface area contributed by atoms with Gasteiger partial charge in [0.05, 0.1) is 24.0 Å². The maximum atomic E-state index is 14.0. The molecule has 0 heterocycles. The van der Waals surface area contributed by atoms with Gasteiger partial charge in [-0.2, -0.15) is 0 Å². The maximum Gasteiger partial charge on any atom is 0.339 e. The average molecular weight is 829 g/mol. The largest absolute Gasteiger partial charge is 0.466 e. The van der Waals surface area contributed by atoms with Crippen molar-refractivity contribution in [2.45, 2.75) is 122 Å². The van der Waals surface area contributed by atoms with Gasteiger partial charge in [-0.1, -0.05) is 81.3 Å². The highest BCUT2D eigenvalue weighted by atomic mass is 16.6. The molecule has 0 spiro atoms. The third-order valence-corrected chi connectivity index (χ3v) is 13.6. The molecule has 0 unspecified atom stereocenters. The summed E-state index contributed by atoms with van der Waals surface area (Å²) in [6, 6.07) is 26.5. The molecular weight excluding hydrogens is 769 g/mol. The van der Waals surface area contributed by atoms with Crippen molar-refractivity contribution < 1.29 is 28.6 Å². The van der Waals surface area contributed by atoms with Gasteiger partial charge < -0.3 is 14.2 Å². The van der Waals surface area contributed by atoms with Crippen LogP contribution < -0.4 is 4.74 Å². The first-order chi connectivity index (χ1) is 30.2. The molecule has 0 aliphatic heterocycles. The van der Waals surface area contributed by atoms with E-state index in [0.29, 0.717) is 62.4 Å². The van der Waals surface area contributed by atoms with Gasteiger partial charge in [-0.15, -0.1) is 6.42 Å². The quantitative estimate of drug-likeness (QED) is 0.0648. The summed E-state index contributed by atoms with van der Waals surface area (Å²) >= 11 is 0. The van der Waals surface area contributed by atoms with Crippen LogP contribution in [0.5, 0.6) is 5.75 Å². The highest BCUT2D eigenvalue weighted by Crippen LogP contribution is 2.45. The minimum atomic E-state index is -0.892. The predicted octanol–water partition coefficient (Wildman–Crippen LogP) is 12.0. The molecule has 4 aromatic rings. The monoisotopic (exact) mass is 828 g/mol. The Hall–Kier alpha value is -5.77. The molecular formula is C56H60O6. The number of benzene rings is 4. The van der Waals surface area contributed by atoms with Crippen molar-refractivity contribution in [1.82, 2.24) is 0 Å². The first-order valence-electron chi connectivity index (χ1n) is 23.1. The van der Waals surface area contributed by atoms with E-state index in [1.54, 1.807) is 19.1 Å². The van der Waals surface area contributed by atoms with Crippen LogP contribution in [0.25, 0.3) is 10.8 Å². The molecule has 7 rings (SSSR count). The van der Waals surface area contributed by atoms with Gasteiger partial charge in [0.2, 0.25) is 0 Å². The smallest absolute Gasteiger partial charge is 0.339 e. The summed E-state index contributed by atoms with van der Waals surface area (Å²) in [7, 11) is 0. The number of hydrogen-bond acceptors (Lipinski definition) is 6. The van der Waals surface area contributed by atoms with Crippen molar-refractivity contribution in [2.24, 2.45) is 29.6 Å². The van der Waals surface area contributed by atoms with Crippen LogP contribution in [0.2, 0.25) is 0 Å². The second kappa shape index (κ2) is 21.3. The lowest BCUT2D eigenvalue weighted by atomic mass is 9.67. The summed E-state index contributed by atoms with van der Waals surface area (Å²) in [5.74, 6) is 17.4. The zero-order valence-electron chi connectivity index (χ0n) is 36.5. The number of unbranched alkanes of at least 4 members (excludes halogenated alkanes) is 2. The third kappa shape index (κ3) is 11.8. The van der Waals surface area contributed by atoms with E-state index in [2.05, 4.69) is 36.5 Å². The van der Waals surface area contributed by atoms with E-state index in [-0.39, 0.29) is 29.7 Å². The van der Waals surface area contributed by atoms with Crippen molar-refractivity contribution in [3.8, 4) is 41.8 Å². The first kappa shape index (κ1) is 44.3. The van der Waals surface area contributed by atoms with E-state index in [4.69, 9.17) is 20.6 Å². The Labute approximate surface area is 368 Å². The minimum absolute atomic E-state index is 0.152. The molecule has 0 amide bonds. The van der Waals surface area contributed by atoms with Crippen molar-refractivity contribution in [2.75, 3.05) is 6.61 Å². The first-order valence-corrected chi connectivity index (χ1v) is 23.1. The van der Waals surface area contributed by atoms with Crippen LogP contribution in [-0.4, -0.2) is 30.1 Å². The van der Waals surface area contributed by atoms with Crippen LogP contribution in [0, 0.1) is 65.6 Å². The van der Waals surface area contributed by atoms with E-state index in [0.717, 1.165) is 57.7 Å². The van der Waals surface area contributed by atoms with E-state index < -0.39 is 5.60 Å². The van der Waals surface area contributed by atoms with Gasteiger partial charge in [0.1, 0.15) is 5.75 Å². The van der Waals surface area contributed by atoms with Crippen LogP contribution in [0.1, 0.15) is 149 Å². The lowest BCUT2D eigenvalue weighted by Gasteiger charge is -2.41. The number of hydrogen-bond donors (Lipinski definition) is 0. The Morgan fingerprint density at radius 2 is 1.19 bits per heavy atom. The fraction of sp³-hybridized carbons (Fsp3) is 0.446. The van der Waals surface area contributed by atoms with Gasteiger partial charge in [-0.3, -0.25) is 9.59 Å². The van der Waals surface area contributed by atoms with Gasteiger partial charge >= 0.3 is 17.9 Å². The molecule has 3 fully saturated rings. The molecule has 0 N–H and O–H groups in total. The Kier molecular flexibility index (Phi) is 15.2. The molecule has 0 saturated heterocycles. The zero-order chi connectivity index (χ0) is 43.3. The fourth-order valence-electron chi connectivity index (χ4n) is 9.75. The number of rotatable bonds is 11. The van der Waals surface area contributed by atoms with Crippen molar-refractivity contribution >= 4 is 28.7 Å². The predicted molar refractivity (Wildman–Crippen MR) is 245 cm³/mol. The Morgan fingerprint density at radius 1 is 0.629 bits per heavy atom. The maximum absolute atomic E-state index is 14.0. The number of carbonyl (C=O) groups excluding carboxylic acids is 3. The molecule has 3 aliphatic carbocycles. The molecule has 0 aromatic heterocycles. The normalized spacial score (nSPS) is 23.3. The summed E-state index contributed by atoms with van der Waals surface area (Å²) in [6.07, 6.45) is 22.0. The van der Waals surface area contributed by atoms with Gasteiger partial charge in [-0.25, -0.2) is 4.79 Å². The average Bonchev–Trinajstić information content (AvgIpc) is 3.31. The second-order valence-electron chi connectivity index (χ2n) is 17.7. The number of fused-ring (bicyclic) bond motifs is 1. The number of terminal acetylenes is 1. The number of carbonyl (C=O) groups is 3. The standard InChI is InChI=1S/C56H60O6/c1-4-7-8-9-41-20-22-45(23-21-41)46-33-36-56(37-34-46,35-32-44-18-16-43(17-19-44)15-14-42-12-10-40(5-2)11-13-42)62-55(59)51-29-28-50-39-52(31-30-49(50)38-51)61-54(58)48-26-24-47(25-27-48)53(57)60-6-3/h2,10-13,16-19,28-31,38-39,41,45-48H,4,6-9,20-27,33-34,36-37H2,1,3H3. The van der Waals surface area contributed by atoms with E-state index in [9.17, 15) is 14.4 Å². The molecule has 0 atom stereocenters. The summed E-state index contributed by atoms with van der Waals surface area (Å²) in [5.41, 5.74) is 3.02. The highest BCUT2D eigenvalue weighted by molar-refractivity contribution is 5.96. The molecule has 6 heteroatoms. The molecule has 4 aromatic carbocycles. The van der Waals surface area contributed by atoms with Crippen LogP contribution in [-0.2, 0) is 19.1 Å². The van der Waals surface area contributed by atoms with Crippen LogP contribution >= 0.6 is 0 Å². The van der Waals surface area contributed by atoms with Crippen molar-refractivity contribution in [3.05, 3.63) is 113 Å². The highest BCUT2D eigenvalue weighted by Gasteiger charge is 2.41. The molecule has 3 saturated carbocycles. The minimum Gasteiger partial charge on any atom is -0.466 e. The van der Waals surface area contributed by atoms with Crippen LogP contribution in [0.4, 0.5) is 0 Å². The van der Waals surface area contributed by atoms with Crippen LogP contribution in [0.3, 0.4) is 0 Å². The molecule has 62 heavy (non-hydrogen) atoms. The van der Waals surface area contributed by atoms with E-state index >= 15 is 0 Å². The molecule has 320 valence electrons. The van der Waals surface area contributed by atoms with Gasteiger partial charge in [0, 0.05) is 22.3 Å². The second-order valence-corrected chi connectivity index (χ2v) is 17.7. The van der Waals surface area contributed by atoms with Gasteiger partial charge in [0.15, 0.2) is 5.60 Å². The summed E-state index contributed by atoms with van der Waals surface area (Å²) in [6.45, 7) is 4.45. The lowest BCUT2D eigenvalue weighted by Crippen LogP contribution is -2.39. The van der Waals surface area contributed by atoms with E-state index in [1.807, 2.05) is 72.8 Å². The summed E-state index contributed by atoms with van der Waals surface area (Å²) in [4.78, 5) is 39.3. The Morgan fingerprint density at radius 3 is 1.81 bits per heavy atom. The topological polar surface area (TPSA) is 78.9 Å². The van der Waals surface area contributed by atoms with Crippen molar-refractivity contribution in [3.63, 3.8) is 0 Å². The summed E-state index contributed by atoms with van der Waals surface area (Å²) < 4.78 is 17.5. The Balaban J connectivity index is 1.02. The Bertz CT molecular complexity index is 2340. The fourth-order valence-corrected chi connectivity index (χ4v) is 9.75.